The van der Waals surface area contributed by atoms with Crippen LogP contribution in [-0.2, 0) is 0 Å². The third kappa shape index (κ3) is 2.04. The Labute approximate surface area is 86.6 Å². The van der Waals surface area contributed by atoms with Crippen LogP contribution in [0.3, 0.4) is 0 Å². The number of pyridine rings is 2. The summed E-state index contributed by atoms with van der Waals surface area (Å²) >= 11 is 0. The molecule has 2 heterocycles. The predicted molar refractivity (Wildman–Crippen MR) is 56.8 cm³/mol. The van der Waals surface area contributed by atoms with E-state index in [1.54, 1.807) is 31.6 Å². The molecule has 2 aromatic rings. The molecule has 0 bridgehead atoms. The van der Waals surface area contributed by atoms with Crippen molar-refractivity contribution in [1.82, 2.24) is 9.97 Å². The van der Waals surface area contributed by atoms with Crippen molar-refractivity contribution in [3.63, 3.8) is 0 Å². The SMILES string of the molecule is COc1ccc(-c2ccc(=O)[nH]c2)cn1. The number of rotatable bonds is 2. The van der Waals surface area contributed by atoms with E-state index in [9.17, 15) is 4.79 Å². The molecule has 0 saturated carbocycles. The summed E-state index contributed by atoms with van der Waals surface area (Å²) < 4.78 is 4.96. The first kappa shape index (κ1) is 9.45. The summed E-state index contributed by atoms with van der Waals surface area (Å²) in [5.74, 6) is 0.572. The van der Waals surface area contributed by atoms with E-state index in [-0.39, 0.29) is 5.56 Å². The molecular weight excluding hydrogens is 192 g/mol. The Morgan fingerprint density at radius 3 is 2.53 bits per heavy atom. The van der Waals surface area contributed by atoms with Gasteiger partial charge in [0.1, 0.15) is 0 Å². The van der Waals surface area contributed by atoms with Crippen LogP contribution < -0.4 is 10.3 Å². The summed E-state index contributed by atoms with van der Waals surface area (Å²) in [5.41, 5.74) is 1.75. The highest BCUT2D eigenvalue weighted by atomic mass is 16.5. The maximum absolute atomic E-state index is 10.9. The molecular formula is C11H10N2O2. The van der Waals surface area contributed by atoms with Gasteiger partial charge in [0.25, 0.3) is 0 Å². The highest BCUT2D eigenvalue weighted by Gasteiger charge is 1.98. The highest BCUT2D eigenvalue weighted by Crippen LogP contribution is 2.17. The topological polar surface area (TPSA) is 55.0 Å². The lowest BCUT2D eigenvalue weighted by atomic mass is 10.1. The Bertz CT molecular complexity index is 482. The van der Waals surface area contributed by atoms with E-state index in [0.29, 0.717) is 5.88 Å². The van der Waals surface area contributed by atoms with Crippen LogP contribution in [0.15, 0.2) is 41.5 Å². The first-order valence-electron chi connectivity index (χ1n) is 4.49. The number of H-pyrrole nitrogens is 1. The average molecular weight is 202 g/mol. The highest BCUT2D eigenvalue weighted by molar-refractivity contribution is 5.61. The van der Waals surface area contributed by atoms with Gasteiger partial charge in [0, 0.05) is 30.1 Å². The van der Waals surface area contributed by atoms with Crippen LogP contribution in [0.1, 0.15) is 0 Å². The van der Waals surface area contributed by atoms with E-state index in [1.165, 1.54) is 6.07 Å². The van der Waals surface area contributed by atoms with Gasteiger partial charge in [-0.15, -0.1) is 0 Å². The Hall–Kier alpha value is -2.10. The Morgan fingerprint density at radius 1 is 1.20 bits per heavy atom. The molecule has 0 unspecified atom stereocenters. The lowest BCUT2D eigenvalue weighted by molar-refractivity contribution is 0.398. The van der Waals surface area contributed by atoms with Gasteiger partial charge in [-0.05, 0) is 17.7 Å². The first-order valence-corrected chi connectivity index (χ1v) is 4.49. The number of hydrogen-bond donors (Lipinski definition) is 1. The van der Waals surface area contributed by atoms with Crippen molar-refractivity contribution in [1.29, 1.82) is 0 Å². The summed E-state index contributed by atoms with van der Waals surface area (Å²) in [7, 11) is 1.57. The summed E-state index contributed by atoms with van der Waals surface area (Å²) in [6.07, 6.45) is 3.36. The molecule has 1 N–H and O–H groups in total. The second kappa shape index (κ2) is 3.96. The fourth-order valence-corrected chi connectivity index (χ4v) is 1.26. The van der Waals surface area contributed by atoms with Crippen LogP contribution in [0.4, 0.5) is 0 Å². The minimum atomic E-state index is -0.111. The number of methoxy groups -OCH3 is 1. The van der Waals surface area contributed by atoms with Crippen molar-refractivity contribution >= 4 is 0 Å². The average Bonchev–Trinajstić information content (AvgIpc) is 2.30. The number of hydrogen-bond acceptors (Lipinski definition) is 3. The molecule has 2 aromatic heterocycles. The number of ether oxygens (including phenoxy) is 1. The fourth-order valence-electron chi connectivity index (χ4n) is 1.26. The second-order valence-corrected chi connectivity index (χ2v) is 3.03. The smallest absolute Gasteiger partial charge is 0.247 e. The third-order valence-corrected chi connectivity index (χ3v) is 2.06. The molecule has 0 aliphatic heterocycles. The molecule has 0 aromatic carbocycles. The summed E-state index contributed by atoms with van der Waals surface area (Å²) in [6, 6.07) is 6.90. The molecule has 76 valence electrons. The van der Waals surface area contributed by atoms with Crippen LogP contribution in [0, 0.1) is 0 Å². The maximum atomic E-state index is 10.9. The van der Waals surface area contributed by atoms with Crippen molar-refractivity contribution in [2.75, 3.05) is 7.11 Å². The number of aromatic nitrogens is 2. The summed E-state index contributed by atoms with van der Waals surface area (Å²) in [5, 5.41) is 0. The fraction of sp³-hybridized carbons (Fsp3) is 0.0909. The quantitative estimate of drug-likeness (QED) is 0.801. The molecule has 0 saturated heterocycles. The van der Waals surface area contributed by atoms with E-state index >= 15 is 0 Å². The van der Waals surface area contributed by atoms with Crippen LogP contribution in [0.2, 0.25) is 0 Å². The molecule has 4 heteroatoms. The molecule has 4 nitrogen and oxygen atoms in total. The van der Waals surface area contributed by atoms with E-state index in [4.69, 9.17) is 4.74 Å². The van der Waals surface area contributed by atoms with Gasteiger partial charge in [-0.25, -0.2) is 4.98 Å². The minimum Gasteiger partial charge on any atom is -0.481 e. The molecule has 0 amide bonds. The normalized spacial score (nSPS) is 9.93. The molecule has 0 atom stereocenters. The van der Waals surface area contributed by atoms with Crippen molar-refractivity contribution in [2.24, 2.45) is 0 Å². The third-order valence-electron chi connectivity index (χ3n) is 2.06. The van der Waals surface area contributed by atoms with E-state index in [1.807, 2.05) is 6.07 Å². The van der Waals surface area contributed by atoms with Crippen molar-refractivity contribution in [3.8, 4) is 17.0 Å². The Balaban J connectivity index is 2.37. The van der Waals surface area contributed by atoms with Gasteiger partial charge in [0.2, 0.25) is 11.4 Å². The number of nitrogens with zero attached hydrogens (tertiary/aromatic N) is 1. The monoisotopic (exact) mass is 202 g/mol. The van der Waals surface area contributed by atoms with Gasteiger partial charge in [-0.3, -0.25) is 4.79 Å². The zero-order valence-corrected chi connectivity index (χ0v) is 8.23. The first-order chi connectivity index (χ1) is 7.29. The van der Waals surface area contributed by atoms with Crippen LogP contribution >= 0.6 is 0 Å². The lowest BCUT2D eigenvalue weighted by Crippen LogP contribution is -2.01. The van der Waals surface area contributed by atoms with Gasteiger partial charge in [-0.1, -0.05) is 0 Å². The van der Waals surface area contributed by atoms with Gasteiger partial charge < -0.3 is 9.72 Å². The second-order valence-electron chi connectivity index (χ2n) is 3.03. The molecule has 0 aliphatic carbocycles. The minimum absolute atomic E-state index is 0.111. The van der Waals surface area contributed by atoms with E-state index in [0.717, 1.165) is 11.1 Å². The van der Waals surface area contributed by atoms with Crippen molar-refractivity contribution < 1.29 is 4.74 Å². The van der Waals surface area contributed by atoms with Crippen LogP contribution in [0.25, 0.3) is 11.1 Å². The van der Waals surface area contributed by atoms with E-state index in [2.05, 4.69) is 9.97 Å². The van der Waals surface area contributed by atoms with Crippen molar-refractivity contribution in [3.05, 3.63) is 47.0 Å². The zero-order chi connectivity index (χ0) is 10.7. The Morgan fingerprint density at radius 2 is 2.00 bits per heavy atom. The van der Waals surface area contributed by atoms with Gasteiger partial charge >= 0.3 is 0 Å². The molecule has 15 heavy (non-hydrogen) atoms. The summed E-state index contributed by atoms with van der Waals surface area (Å²) in [6.45, 7) is 0. The van der Waals surface area contributed by atoms with Crippen LogP contribution in [-0.4, -0.2) is 17.1 Å². The summed E-state index contributed by atoms with van der Waals surface area (Å²) in [4.78, 5) is 17.6. The molecule has 0 fully saturated rings. The molecule has 0 spiro atoms. The zero-order valence-electron chi connectivity index (χ0n) is 8.23. The van der Waals surface area contributed by atoms with Crippen molar-refractivity contribution in [2.45, 2.75) is 0 Å². The Kier molecular flexibility index (Phi) is 2.49. The largest absolute Gasteiger partial charge is 0.481 e. The molecule has 0 aliphatic rings. The standard InChI is InChI=1S/C11H10N2O2/c1-15-11-5-3-9(7-13-11)8-2-4-10(14)12-6-8/h2-7H,1H3,(H,12,14). The maximum Gasteiger partial charge on any atom is 0.247 e. The van der Waals surface area contributed by atoms with Crippen LogP contribution in [0.5, 0.6) is 5.88 Å². The lowest BCUT2D eigenvalue weighted by Gasteiger charge is -2.01. The van der Waals surface area contributed by atoms with Gasteiger partial charge in [0.15, 0.2) is 0 Å². The molecule has 2 rings (SSSR count). The predicted octanol–water partition coefficient (Wildman–Crippen LogP) is 1.45. The number of nitrogens with one attached hydrogen (secondary N) is 1. The number of aromatic amines is 1. The molecule has 0 radical (unpaired) electrons. The van der Waals surface area contributed by atoms with Gasteiger partial charge in [0.05, 0.1) is 7.11 Å². The van der Waals surface area contributed by atoms with E-state index < -0.39 is 0 Å². The van der Waals surface area contributed by atoms with Gasteiger partial charge in [-0.2, -0.15) is 0 Å².